The Morgan fingerprint density at radius 3 is 1.20 bits per heavy atom. The molecular weight excluding hydrogens is 681 g/mol. The molecule has 0 aromatic rings. The lowest BCUT2D eigenvalue weighted by Gasteiger charge is -2.61. The van der Waals surface area contributed by atoms with E-state index in [9.17, 15) is 10.2 Å². The van der Waals surface area contributed by atoms with Crippen LogP contribution in [0.25, 0.3) is 0 Å². The number of rotatable bonds is 12. The van der Waals surface area contributed by atoms with Crippen LogP contribution in [0.4, 0.5) is 0 Å². The molecule has 8 saturated carbocycles. The van der Waals surface area contributed by atoms with Gasteiger partial charge in [0, 0.05) is 13.2 Å². The van der Waals surface area contributed by atoms with Crippen LogP contribution in [0, 0.1) is 105 Å². The molecule has 8 rings (SSSR count). The van der Waals surface area contributed by atoms with Gasteiger partial charge in [-0.15, -0.1) is 0 Å². The van der Waals surface area contributed by atoms with Crippen LogP contribution in [0.5, 0.6) is 0 Å². The summed E-state index contributed by atoms with van der Waals surface area (Å²) in [7, 11) is 0. The lowest BCUT2D eigenvalue weighted by molar-refractivity contribution is -0.114. The maximum Gasteiger partial charge on any atom is 0.0456 e. The summed E-state index contributed by atoms with van der Waals surface area (Å²) in [4.78, 5) is 0. The number of hydrogen-bond acceptors (Lipinski definition) is 2. The molecule has 0 aromatic heterocycles. The third-order valence-electron chi connectivity index (χ3n) is 22.0. The Labute approximate surface area is 349 Å². The fraction of sp³-hybridized carbons (Fsp3) is 1.00. The quantitative estimate of drug-likeness (QED) is 0.207. The van der Waals surface area contributed by atoms with Crippen LogP contribution >= 0.6 is 0 Å². The van der Waals surface area contributed by atoms with Crippen molar-refractivity contribution >= 4 is 0 Å². The molecule has 4 unspecified atom stereocenters. The Hall–Kier alpha value is -0.0800. The Morgan fingerprint density at radius 1 is 0.411 bits per heavy atom. The zero-order chi connectivity index (χ0) is 39.9. The highest BCUT2D eigenvalue weighted by Crippen LogP contribution is 2.70. The van der Waals surface area contributed by atoms with Crippen LogP contribution in [-0.4, -0.2) is 23.4 Å². The van der Waals surface area contributed by atoms with Crippen molar-refractivity contribution in [3.05, 3.63) is 0 Å². The average molecular weight is 777 g/mol. The van der Waals surface area contributed by atoms with Gasteiger partial charge in [0.05, 0.1) is 0 Å². The third kappa shape index (κ3) is 8.17. The van der Waals surface area contributed by atoms with Crippen molar-refractivity contribution in [2.24, 2.45) is 105 Å². The van der Waals surface area contributed by atoms with Gasteiger partial charge >= 0.3 is 0 Å². The number of fused-ring (bicyclic) bond motifs is 10. The van der Waals surface area contributed by atoms with Crippen molar-refractivity contribution in [1.29, 1.82) is 0 Å². The largest absolute Gasteiger partial charge is 0.396 e. The lowest BCUT2D eigenvalue weighted by Crippen LogP contribution is -2.53. The first-order valence-corrected chi connectivity index (χ1v) is 26.0. The van der Waals surface area contributed by atoms with Gasteiger partial charge in [0.25, 0.3) is 0 Å². The van der Waals surface area contributed by atoms with Gasteiger partial charge in [0.2, 0.25) is 0 Å². The maximum atomic E-state index is 9.32. The van der Waals surface area contributed by atoms with Crippen molar-refractivity contribution in [2.75, 3.05) is 13.2 Å². The molecule has 2 heteroatoms. The molecule has 0 radical (unpaired) electrons. The number of aliphatic hydroxyl groups excluding tert-OH is 2. The van der Waals surface area contributed by atoms with E-state index in [1.807, 2.05) is 0 Å². The minimum atomic E-state index is 0.362. The molecule has 2 nitrogen and oxygen atoms in total. The lowest BCUT2D eigenvalue weighted by atomic mass is 9.44. The molecule has 18 atom stereocenters. The number of aliphatic hydroxyl groups is 2. The summed E-state index contributed by atoms with van der Waals surface area (Å²) in [6.45, 7) is 21.1. The molecule has 8 fully saturated rings. The Bertz CT molecular complexity index is 1150. The van der Waals surface area contributed by atoms with Gasteiger partial charge in [-0.25, -0.2) is 0 Å². The van der Waals surface area contributed by atoms with E-state index in [-0.39, 0.29) is 0 Å². The second-order valence-electron chi connectivity index (χ2n) is 24.7. The molecular formula is C54H96O2. The minimum absolute atomic E-state index is 0.362. The maximum absolute atomic E-state index is 9.32. The van der Waals surface area contributed by atoms with E-state index < -0.39 is 0 Å². The molecule has 0 heterocycles. The SMILES string of the molecule is CC(CO)CCC[C@@H](C)[C@H]1CC[C@H]2[C@@H]3CCC4CCCC[C@]4(C)[C@H]3CC[C@]12C.CC(CO)CCC[C@@H](C)[C@H]1CC[C@H]2[C@@H]3CCC4CCCC[C@]4(C)[C@H]3CC[C@]12C. The zero-order valence-corrected chi connectivity index (χ0v) is 38.8. The normalized spacial score (nSPS) is 47.7. The summed E-state index contributed by atoms with van der Waals surface area (Å²) in [6, 6.07) is 0. The highest BCUT2D eigenvalue weighted by molar-refractivity contribution is 5.11. The molecule has 0 amide bonds. The molecule has 0 aliphatic heterocycles. The predicted molar refractivity (Wildman–Crippen MR) is 238 cm³/mol. The summed E-state index contributed by atoms with van der Waals surface area (Å²) < 4.78 is 0. The molecule has 8 aliphatic carbocycles. The van der Waals surface area contributed by atoms with E-state index >= 15 is 0 Å². The molecule has 324 valence electrons. The first-order chi connectivity index (χ1) is 26.8. The van der Waals surface area contributed by atoms with Crippen LogP contribution in [0.3, 0.4) is 0 Å². The minimum Gasteiger partial charge on any atom is -0.396 e. The van der Waals surface area contributed by atoms with Gasteiger partial charge in [-0.1, -0.05) is 107 Å². The third-order valence-corrected chi connectivity index (χ3v) is 22.0. The van der Waals surface area contributed by atoms with E-state index in [2.05, 4.69) is 55.4 Å². The summed E-state index contributed by atoms with van der Waals surface area (Å²) in [5.74, 6) is 13.0. The van der Waals surface area contributed by atoms with Gasteiger partial charge in [0.1, 0.15) is 0 Å². The van der Waals surface area contributed by atoms with Gasteiger partial charge in [-0.3, -0.25) is 0 Å². The van der Waals surface area contributed by atoms with Gasteiger partial charge in [-0.2, -0.15) is 0 Å². The summed E-state index contributed by atoms with van der Waals surface area (Å²) in [5, 5.41) is 18.6. The van der Waals surface area contributed by atoms with Crippen LogP contribution in [0.1, 0.15) is 222 Å². The fourth-order valence-corrected chi connectivity index (χ4v) is 18.7. The Balaban J connectivity index is 0.000000172. The molecule has 0 bridgehead atoms. The first-order valence-electron chi connectivity index (χ1n) is 26.0. The van der Waals surface area contributed by atoms with Gasteiger partial charge < -0.3 is 10.2 Å². The highest BCUT2D eigenvalue weighted by atomic mass is 16.3. The van der Waals surface area contributed by atoms with Crippen LogP contribution < -0.4 is 0 Å². The molecule has 0 aromatic carbocycles. The Kier molecular flexibility index (Phi) is 14.2. The van der Waals surface area contributed by atoms with Crippen molar-refractivity contribution in [3.63, 3.8) is 0 Å². The van der Waals surface area contributed by atoms with Crippen LogP contribution in [0.2, 0.25) is 0 Å². The first kappa shape index (κ1) is 44.0. The molecule has 56 heavy (non-hydrogen) atoms. The van der Waals surface area contributed by atoms with Crippen molar-refractivity contribution < 1.29 is 10.2 Å². The summed E-state index contributed by atoms with van der Waals surface area (Å²) >= 11 is 0. The smallest absolute Gasteiger partial charge is 0.0456 e. The molecule has 0 spiro atoms. The van der Waals surface area contributed by atoms with Gasteiger partial charge in [-0.05, 0) is 220 Å². The average Bonchev–Trinajstić information content (AvgIpc) is 3.74. The molecule has 0 saturated heterocycles. The molecule has 8 aliphatic rings. The van der Waals surface area contributed by atoms with Crippen LogP contribution in [0.15, 0.2) is 0 Å². The van der Waals surface area contributed by atoms with Gasteiger partial charge in [0.15, 0.2) is 0 Å². The zero-order valence-electron chi connectivity index (χ0n) is 38.8. The van der Waals surface area contributed by atoms with Crippen molar-refractivity contribution in [2.45, 2.75) is 222 Å². The highest BCUT2D eigenvalue weighted by Gasteiger charge is 2.61. The standard InChI is InChI=1S/2C27H48O/c2*1-19(18-28)8-7-9-20(2)23-13-14-24-22-12-11-21-10-5-6-16-26(21,3)25(22)15-17-27(23,24)4/h2*19-25,28H,5-18H2,1-4H3/t2*19?,20-,21?,22+,23-,24+,25+,26+,27-/m11/s1. The monoisotopic (exact) mass is 777 g/mol. The van der Waals surface area contributed by atoms with E-state index in [0.717, 1.165) is 71.0 Å². The van der Waals surface area contributed by atoms with E-state index in [4.69, 9.17) is 0 Å². The summed E-state index contributed by atoms with van der Waals surface area (Å²) in [6.07, 6.45) is 38.3. The summed E-state index contributed by atoms with van der Waals surface area (Å²) in [5.41, 5.74) is 2.63. The second-order valence-corrected chi connectivity index (χ2v) is 24.7. The topological polar surface area (TPSA) is 40.5 Å². The van der Waals surface area contributed by atoms with E-state index in [1.165, 1.54) is 141 Å². The van der Waals surface area contributed by atoms with Crippen molar-refractivity contribution in [3.8, 4) is 0 Å². The van der Waals surface area contributed by atoms with E-state index in [1.54, 1.807) is 25.7 Å². The van der Waals surface area contributed by atoms with Crippen molar-refractivity contribution in [1.82, 2.24) is 0 Å². The van der Waals surface area contributed by atoms with Crippen LogP contribution in [-0.2, 0) is 0 Å². The Morgan fingerprint density at radius 2 is 0.804 bits per heavy atom. The molecule has 2 N–H and O–H groups in total. The van der Waals surface area contributed by atoms with E-state index in [0.29, 0.717) is 46.7 Å². The fourth-order valence-electron chi connectivity index (χ4n) is 18.7. The number of hydrogen-bond donors (Lipinski definition) is 2. The second kappa shape index (κ2) is 18.1. The predicted octanol–water partition coefficient (Wildman–Crippen LogP) is 14.9.